The molecule has 2 fully saturated rings. The average molecular weight is 467 g/mol. The average Bonchev–Trinajstić information content (AvgIpc) is 3.13. The van der Waals surface area contributed by atoms with Crippen molar-refractivity contribution in [3.63, 3.8) is 0 Å². The van der Waals surface area contributed by atoms with Crippen LogP contribution in [-0.4, -0.2) is 49.4 Å². The zero-order valence-corrected chi connectivity index (χ0v) is 18.6. The number of benzene rings is 1. The number of amides is 1. The van der Waals surface area contributed by atoms with E-state index in [0.717, 1.165) is 40.5 Å². The predicted molar refractivity (Wildman–Crippen MR) is 121 cm³/mol. The number of fused-ring (bicyclic) bond motifs is 1. The Balaban J connectivity index is 1.51. The van der Waals surface area contributed by atoms with E-state index in [-0.39, 0.29) is 36.1 Å². The number of nitrogens with zero attached hydrogens (tertiary/aromatic N) is 2. The molecule has 1 aromatic rings. The number of aliphatic hydroxyl groups excluding tert-OH is 1. The van der Waals surface area contributed by atoms with Crippen molar-refractivity contribution in [2.24, 2.45) is 11.8 Å². The Morgan fingerprint density at radius 1 is 1.30 bits per heavy atom. The number of aliphatic hydroxyl groups is 1. The van der Waals surface area contributed by atoms with E-state index in [1.165, 1.54) is 12.1 Å². The minimum absolute atomic E-state index is 0.00183. The maximum Gasteiger partial charge on any atom is 0.269 e. The number of allylic oxidation sites excluding steroid dienone is 1. The third-order valence-electron chi connectivity index (χ3n) is 5.62. The molecule has 10 heteroatoms. The summed E-state index contributed by atoms with van der Waals surface area (Å²) in [5.41, 5.74) is 1.52. The van der Waals surface area contributed by atoms with Crippen LogP contribution in [0.4, 0.5) is 5.69 Å². The lowest BCUT2D eigenvalue weighted by Gasteiger charge is -2.42. The molecule has 2 atom stereocenters. The van der Waals surface area contributed by atoms with E-state index in [1.54, 1.807) is 28.8 Å². The first-order valence-corrected chi connectivity index (χ1v) is 12.3. The zero-order chi connectivity index (χ0) is 21.3. The number of rotatable bonds is 7. The van der Waals surface area contributed by atoms with Crippen LogP contribution in [-0.2, 0) is 16.1 Å². The molecule has 0 saturated carbocycles. The minimum Gasteiger partial charge on any atom is -0.477 e. The van der Waals surface area contributed by atoms with Gasteiger partial charge in [-0.2, -0.15) is 11.8 Å². The van der Waals surface area contributed by atoms with Gasteiger partial charge in [0.2, 0.25) is 11.0 Å². The fourth-order valence-electron chi connectivity index (χ4n) is 3.99. The van der Waals surface area contributed by atoms with Crippen molar-refractivity contribution < 1.29 is 19.6 Å². The van der Waals surface area contributed by atoms with Gasteiger partial charge >= 0.3 is 0 Å². The molecule has 0 aliphatic carbocycles. The maximum absolute atomic E-state index is 12.7. The summed E-state index contributed by atoms with van der Waals surface area (Å²) in [7, 11) is 0. The van der Waals surface area contributed by atoms with Crippen LogP contribution in [0.5, 0.6) is 0 Å². The third kappa shape index (κ3) is 4.10. The number of β-lactam (4-membered cyclic amide) rings is 1. The second-order valence-corrected chi connectivity index (χ2v) is 10.2. The minimum atomic E-state index is -0.441. The van der Waals surface area contributed by atoms with Gasteiger partial charge in [-0.05, 0) is 66.6 Å². The van der Waals surface area contributed by atoms with E-state index in [4.69, 9.17) is 17.0 Å². The maximum atomic E-state index is 12.7. The normalized spacial score (nSPS) is 23.9. The topological polar surface area (TPSA) is 92.9 Å². The molecule has 0 spiro atoms. The molecule has 2 saturated heterocycles. The highest BCUT2D eigenvalue weighted by atomic mass is 32.2. The highest BCUT2D eigenvalue weighted by molar-refractivity contribution is 8.04. The van der Waals surface area contributed by atoms with E-state index >= 15 is 0 Å². The molecule has 3 aliphatic rings. The predicted octanol–water partition coefficient (Wildman–Crippen LogP) is 3.71. The first-order chi connectivity index (χ1) is 14.5. The first kappa shape index (κ1) is 21.6. The monoisotopic (exact) mass is 466 g/mol. The lowest BCUT2D eigenvalue weighted by molar-refractivity contribution is -0.384. The number of carbonyl (C=O) groups excluding carboxylic acids is 1. The Morgan fingerprint density at radius 3 is 2.63 bits per heavy atom. The largest absolute Gasteiger partial charge is 0.477 e. The lowest BCUT2D eigenvalue weighted by Crippen LogP contribution is -2.57. The first-order valence-electron chi connectivity index (χ1n) is 9.84. The van der Waals surface area contributed by atoms with Crippen molar-refractivity contribution in [1.29, 1.82) is 0 Å². The summed E-state index contributed by atoms with van der Waals surface area (Å²) in [5.74, 6) is 2.38. The van der Waals surface area contributed by atoms with Gasteiger partial charge in [0.05, 0.1) is 16.2 Å². The number of ether oxygens (including phenoxy) is 1. The van der Waals surface area contributed by atoms with Gasteiger partial charge in [-0.15, -0.1) is 11.8 Å². The van der Waals surface area contributed by atoms with Crippen LogP contribution in [0.2, 0.25) is 0 Å². The van der Waals surface area contributed by atoms with Gasteiger partial charge in [-0.25, -0.2) is 0 Å². The fraction of sp³-hybridized carbons (Fsp3) is 0.500. The molecule has 160 valence electrons. The second kappa shape index (κ2) is 9.25. The number of nitro groups is 1. The van der Waals surface area contributed by atoms with E-state index in [9.17, 15) is 20.0 Å². The quantitative estimate of drug-likeness (QED) is 0.281. The summed E-state index contributed by atoms with van der Waals surface area (Å²) in [4.78, 5) is 26.0. The summed E-state index contributed by atoms with van der Waals surface area (Å²) in [5, 5.41) is 20.4. The van der Waals surface area contributed by atoms with Gasteiger partial charge < -0.3 is 9.84 Å². The van der Waals surface area contributed by atoms with Gasteiger partial charge in [-0.3, -0.25) is 19.8 Å². The highest BCUT2D eigenvalue weighted by Gasteiger charge is 2.55. The van der Waals surface area contributed by atoms with Crippen molar-refractivity contribution in [2.45, 2.75) is 31.2 Å². The van der Waals surface area contributed by atoms with Gasteiger partial charge in [-0.1, -0.05) is 0 Å². The summed E-state index contributed by atoms with van der Waals surface area (Å²) in [6.07, 6.45) is 2.58. The molecular weight excluding hydrogens is 444 g/mol. The van der Waals surface area contributed by atoms with E-state index in [2.05, 4.69) is 0 Å². The highest BCUT2D eigenvalue weighted by Crippen LogP contribution is 2.54. The molecule has 0 unspecified atom stereocenters. The Hall–Kier alpha value is -1.62. The number of hydrogen-bond acceptors (Lipinski definition) is 8. The molecule has 1 amide bonds. The smallest absolute Gasteiger partial charge is 0.269 e. The Labute approximate surface area is 188 Å². The van der Waals surface area contributed by atoms with Crippen molar-refractivity contribution in [3.05, 3.63) is 50.5 Å². The fourth-order valence-corrected chi connectivity index (χ4v) is 7.15. The molecule has 1 N–H and O–H groups in total. The molecule has 0 aromatic heterocycles. The summed E-state index contributed by atoms with van der Waals surface area (Å²) in [6, 6.07) is 6.16. The Kier molecular flexibility index (Phi) is 6.66. The lowest BCUT2D eigenvalue weighted by atomic mass is 9.93. The number of non-ortho nitro benzene ring substituents is 1. The molecular formula is C20H22N2O5S3. The molecule has 3 heterocycles. The van der Waals surface area contributed by atoms with Crippen molar-refractivity contribution in [2.75, 3.05) is 18.1 Å². The number of nitro benzene ring substituents is 1. The molecule has 4 rings (SSSR count). The molecule has 7 nitrogen and oxygen atoms in total. The van der Waals surface area contributed by atoms with Crippen molar-refractivity contribution in [1.82, 2.24) is 4.90 Å². The van der Waals surface area contributed by atoms with Crippen molar-refractivity contribution >= 4 is 52.4 Å². The van der Waals surface area contributed by atoms with Gasteiger partial charge in [0, 0.05) is 23.6 Å². The van der Waals surface area contributed by atoms with Gasteiger partial charge in [0.15, 0.2) is 0 Å². The van der Waals surface area contributed by atoms with Crippen LogP contribution >= 0.6 is 35.7 Å². The summed E-state index contributed by atoms with van der Waals surface area (Å²) in [6.45, 7) is 0.179. The number of hydrogen-bond donors (Lipinski definition) is 1. The van der Waals surface area contributed by atoms with Crippen LogP contribution in [0.1, 0.15) is 24.8 Å². The Bertz CT molecular complexity index is 883. The van der Waals surface area contributed by atoms with E-state index < -0.39 is 4.92 Å². The summed E-state index contributed by atoms with van der Waals surface area (Å²) < 4.78 is 5.87. The third-order valence-corrected chi connectivity index (χ3v) is 8.54. The molecule has 1 aromatic carbocycles. The summed E-state index contributed by atoms with van der Waals surface area (Å²) >= 11 is 9.25. The molecule has 3 aliphatic heterocycles. The van der Waals surface area contributed by atoms with Crippen LogP contribution in [0, 0.1) is 22.0 Å². The molecule has 0 radical (unpaired) electrons. The standard InChI is InChI=1S/C20H22N2O5S3/c23-8-5-15-18(24)21-16(17(30-19(15)21)13-6-9-29-10-7-13)20(28)27-11-12-1-3-14(4-2-12)22(25)26/h1-4,13,15,19,23H,5-11H2/t15-,19+/m0/s1. The van der Waals surface area contributed by atoms with Gasteiger partial charge in [0.25, 0.3) is 5.69 Å². The van der Waals surface area contributed by atoms with Crippen molar-refractivity contribution in [3.8, 4) is 0 Å². The Morgan fingerprint density at radius 2 is 2.00 bits per heavy atom. The van der Waals surface area contributed by atoms with Gasteiger partial charge in [0.1, 0.15) is 12.3 Å². The van der Waals surface area contributed by atoms with Crippen LogP contribution in [0.15, 0.2) is 34.9 Å². The second-order valence-electron chi connectivity index (χ2n) is 7.43. The molecule has 0 bridgehead atoms. The number of thiocarbonyl (C=S) groups is 1. The van der Waals surface area contributed by atoms with Crippen LogP contribution in [0.3, 0.4) is 0 Å². The van der Waals surface area contributed by atoms with Crippen LogP contribution < -0.4 is 0 Å². The number of carbonyl (C=O) groups is 1. The van der Waals surface area contributed by atoms with Crippen LogP contribution in [0.25, 0.3) is 0 Å². The zero-order valence-electron chi connectivity index (χ0n) is 16.2. The molecule has 30 heavy (non-hydrogen) atoms. The van der Waals surface area contributed by atoms with E-state index in [1.807, 2.05) is 11.8 Å². The van der Waals surface area contributed by atoms with E-state index in [0.29, 0.717) is 17.4 Å². The SMILES string of the molecule is O=C1[C@H](CCO)[C@H]2SC(C3CCSCC3)=C(C(=S)OCc3ccc([N+](=O)[O-])cc3)N12. The number of thioether (sulfide) groups is 2.